The van der Waals surface area contributed by atoms with Crippen LogP contribution in [0.15, 0.2) is 0 Å². The molecule has 21 saturated heterocycles. The van der Waals surface area contributed by atoms with E-state index in [1.165, 1.54) is 14.1 Å². The Morgan fingerprint density at radius 3 is 0.494 bits per heavy atom. The Bertz CT molecular complexity index is 1860. The Kier molecular flexibility index (Phi) is 22.0. The molecule has 35 nitrogen and oxygen atoms in total. The molecule has 35 heteroatoms. The normalized spacial score (nSPS) is 54.3. The zero-order valence-corrected chi connectivity index (χ0v) is 42.4. The maximum absolute atomic E-state index is 11.5. The van der Waals surface area contributed by atoms with Gasteiger partial charge in [0.05, 0.1) is 33.0 Å². The maximum atomic E-state index is 11.5. The minimum absolute atomic E-state index is 0.219. The van der Waals surface area contributed by atoms with Crippen LogP contribution in [0.3, 0.4) is 0 Å². The third kappa shape index (κ3) is 12.8. The monoisotopic (exact) mass is 1160 g/mol. The van der Waals surface area contributed by atoms with Gasteiger partial charge in [-0.1, -0.05) is 0 Å². The molecule has 21 rings (SSSR count). The molecular weight excluding hydrogens is 1080 g/mol. The van der Waals surface area contributed by atoms with Crippen LogP contribution in [-0.2, 0) is 66.3 Å². The summed E-state index contributed by atoms with van der Waals surface area (Å²) in [6, 6.07) is 0. The molecule has 35 atom stereocenters. The average molecular weight is 1160 g/mol. The van der Waals surface area contributed by atoms with Gasteiger partial charge in [-0.3, -0.25) is 0 Å². The first kappa shape index (κ1) is 63.6. The number of rotatable bonds is 9. The van der Waals surface area contributed by atoms with E-state index in [-0.39, 0.29) is 13.1 Å². The van der Waals surface area contributed by atoms with Crippen LogP contribution in [0.4, 0.5) is 0 Å². The Labute approximate surface area is 448 Å². The molecule has 0 amide bonds. The Morgan fingerprint density at radius 2 is 0.354 bits per heavy atom. The second-order valence-electron chi connectivity index (χ2n) is 20.4. The van der Waals surface area contributed by atoms with Crippen LogP contribution in [-0.4, -0.2) is 372 Å². The van der Waals surface area contributed by atoms with Crippen LogP contribution in [0.5, 0.6) is 0 Å². The standard InChI is InChI=1S/C44H76N2O33/c1-45-3-10-31-18(53)25(60)39(67-10)76-34-13(6-48)71-43(29(64)22(34)57)79-37-16(9-51)72-44(30(65)23(37)58)78-36-15(8-50)69-41(27(62)20(36)55)74-32-11(4-46-2)66-38(24(59)17(32)52)75-33-12(5-47)70-42(28(63)21(33)56)77-35-14(7-49)68-40(73-31)26(61)19(35)54/h10-65H,3-9H2,1-2H3/t10-,11-,12-,13-,14-,15-,16-,17-,18-,19-,20-,21-,22-,23-,24-,25-,26-,27-,28-,29-,30-,31-,32-,33-,34-,35-,36-,37-,38-,39-,40-,41-,42-,43-,44-/m1/s1. The minimum Gasteiger partial charge on any atom is -0.394 e. The molecule has 79 heavy (non-hydrogen) atoms. The van der Waals surface area contributed by atoms with Gasteiger partial charge in [0, 0.05) is 13.1 Å². The number of aliphatic hydroxyl groups is 19. The summed E-state index contributed by atoms with van der Waals surface area (Å²) in [7, 11) is 2.90. The van der Waals surface area contributed by atoms with E-state index in [4.69, 9.17) is 66.3 Å². The highest BCUT2D eigenvalue weighted by molar-refractivity contribution is 5.02. The average Bonchev–Trinajstić information content (AvgIpc) is 3.48. The third-order valence-corrected chi connectivity index (χ3v) is 15.2. The van der Waals surface area contributed by atoms with Gasteiger partial charge >= 0.3 is 0 Å². The minimum atomic E-state index is -2.17. The predicted molar refractivity (Wildman–Crippen MR) is 242 cm³/mol. The van der Waals surface area contributed by atoms with Crippen LogP contribution < -0.4 is 10.6 Å². The summed E-state index contributed by atoms with van der Waals surface area (Å²) in [5.41, 5.74) is 0. The fourth-order valence-corrected chi connectivity index (χ4v) is 10.9. The molecule has 14 bridgehead atoms. The molecule has 0 saturated carbocycles. The van der Waals surface area contributed by atoms with E-state index in [1.54, 1.807) is 0 Å². The van der Waals surface area contributed by atoms with Crippen molar-refractivity contribution in [3.05, 3.63) is 0 Å². The summed E-state index contributed by atoms with van der Waals surface area (Å²) in [6.45, 7) is -5.44. The van der Waals surface area contributed by atoms with Gasteiger partial charge < -0.3 is 174 Å². The summed E-state index contributed by atoms with van der Waals surface area (Å²) in [5, 5.41) is 217. The van der Waals surface area contributed by atoms with E-state index in [0.29, 0.717) is 0 Å². The molecule has 0 aromatic rings. The van der Waals surface area contributed by atoms with Crippen molar-refractivity contribution in [2.75, 3.05) is 60.2 Å². The van der Waals surface area contributed by atoms with Crippen molar-refractivity contribution >= 4 is 0 Å². The summed E-state index contributed by atoms with van der Waals surface area (Å²) in [5.74, 6) is 0. The van der Waals surface area contributed by atoms with Gasteiger partial charge in [-0.25, -0.2) is 0 Å². The van der Waals surface area contributed by atoms with Crippen LogP contribution in [0.2, 0.25) is 0 Å². The van der Waals surface area contributed by atoms with E-state index < -0.39 is 248 Å². The van der Waals surface area contributed by atoms with Gasteiger partial charge in [-0.2, -0.15) is 0 Å². The molecule has 0 aromatic carbocycles. The number of ether oxygens (including phenoxy) is 14. The summed E-state index contributed by atoms with van der Waals surface area (Å²) < 4.78 is 81.4. The van der Waals surface area contributed by atoms with Crippen molar-refractivity contribution in [2.24, 2.45) is 0 Å². The van der Waals surface area contributed by atoms with E-state index in [2.05, 4.69) is 10.6 Å². The summed E-state index contributed by atoms with van der Waals surface area (Å²) >= 11 is 0. The lowest BCUT2D eigenvalue weighted by Gasteiger charge is -2.50. The molecule has 21 N–H and O–H groups in total. The van der Waals surface area contributed by atoms with Crippen molar-refractivity contribution in [3.8, 4) is 0 Å². The van der Waals surface area contributed by atoms with Gasteiger partial charge in [0.2, 0.25) is 0 Å². The molecule has 21 heterocycles. The lowest BCUT2D eigenvalue weighted by atomic mass is 9.95. The van der Waals surface area contributed by atoms with Crippen LogP contribution >= 0.6 is 0 Å². The molecule has 460 valence electrons. The second kappa shape index (κ2) is 27.3. The molecular formula is C44H76N2O33. The molecule has 21 aliphatic heterocycles. The van der Waals surface area contributed by atoms with Crippen molar-refractivity contribution in [2.45, 2.75) is 215 Å². The lowest BCUT2D eigenvalue weighted by molar-refractivity contribution is -0.395. The number of likely N-dealkylation sites (N-methyl/N-ethyl adjacent to an activating group) is 2. The molecule has 0 aromatic heterocycles. The van der Waals surface area contributed by atoms with Crippen LogP contribution in [0.1, 0.15) is 0 Å². The van der Waals surface area contributed by atoms with Gasteiger partial charge in [-0.15, -0.1) is 0 Å². The van der Waals surface area contributed by atoms with E-state index >= 15 is 0 Å². The van der Waals surface area contributed by atoms with Crippen molar-refractivity contribution < 1.29 is 163 Å². The first-order chi connectivity index (χ1) is 37.7. The first-order valence-electron chi connectivity index (χ1n) is 25.7. The van der Waals surface area contributed by atoms with Gasteiger partial charge in [-0.05, 0) is 14.1 Å². The zero-order chi connectivity index (χ0) is 57.5. The lowest BCUT2D eigenvalue weighted by Crippen LogP contribution is -2.68. The SMILES string of the molecule is CNC[C@H]1O[C@@H]2O[C@H]3[C@H](O)[C@@H](O)[C@@H](O[C@H]4[C@H](O)[C@@H](O)[C@@H](O[C@H]5[C@H](O)[C@@H](O)[C@@H](O[C@H]6[C@H](O)[C@@H](O)[C@@H](O[C@H]7[C@H](O)[C@@H](O)[C@@H](O[C@H]8[C@H](O)[C@@H](O)[C@@H](O[C@H]1[C@H](O)[C@H]2O)O[C@@H]8CO)O[C@@H]7CO)O[C@@H]6CO)O[C@@H]5CNC)O[C@@H]4CO)O[C@@H]3CO. The quantitative estimate of drug-likeness (QED) is 0.102. The van der Waals surface area contributed by atoms with Crippen LogP contribution in [0, 0.1) is 0 Å². The van der Waals surface area contributed by atoms with E-state index in [9.17, 15) is 97.0 Å². The molecule has 0 unspecified atom stereocenters. The zero-order valence-electron chi connectivity index (χ0n) is 42.4. The predicted octanol–water partition coefficient (Wildman–Crippen LogP) is -14.8. The fourth-order valence-electron chi connectivity index (χ4n) is 10.9. The molecule has 0 radical (unpaired) electrons. The summed E-state index contributed by atoms with van der Waals surface area (Å²) in [4.78, 5) is 0. The Hall–Kier alpha value is -1.40. The molecule has 0 aliphatic carbocycles. The Morgan fingerprint density at radius 1 is 0.215 bits per heavy atom. The smallest absolute Gasteiger partial charge is 0.187 e. The maximum Gasteiger partial charge on any atom is 0.187 e. The molecule has 0 spiro atoms. The number of hydrogen-bond donors (Lipinski definition) is 21. The van der Waals surface area contributed by atoms with Gasteiger partial charge in [0.15, 0.2) is 44.0 Å². The van der Waals surface area contributed by atoms with Crippen molar-refractivity contribution in [1.82, 2.24) is 10.6 Å². The number of nitrogens with one attached hydrogen (secondary N) is 2. The molecule has 21 aliphatic rings. The first-order valence-corrected chi connectivity index (χ1v) is 25.7. The van der Waals surface area contributed by atoms with Gasteiger partial charge in [0.25, 0.3) is 0 Å². The topological polar surface area (TPSA) is 538 Å². The number of hydrogen-bond acceptors (Lipinski definition) is 35. The molecule has 21 fully saturated rings. The van der Waals surface area contributed by atoms with Crippen molar-refractivity contribution in [1.29, 1.82) is 0 Å². The highest BCUT2D eigenvalue weighted by Gasteiger charge is 2.59. The third-order valence-electron chi connectivity index (χ3n) is 15.2. The Balaban J connectivity index is 1.09. The number of aliphatic hydroxyl groups excluding tert-OH is 19. The summed E-state index contributed by atoms with van der Waals surface area (Å²) in [6.07, 6.45) is -67.0. The van der Waals surface area contributed by atoms with E-state index in [0.717, 1.165) is 0 Å². The van der Waals surface area contributed by atoms with Crippen molar-refractivity contribution in [3.63, 3.8) is 0 Å². The van der Waals surface area contributed by atoms with Gasteiger partial charge in [0.1, 0.15) is 171 Å². The highest BCUT2D eigenvalue weighted by atomic mass is 16.8. The largest absolute Gasteiger partial charge is 0.394 e. The highest BCUT2D eigenvalue weighted by Crippen LogP contribution is 2.39. The van der Waals surface area contributed by atoms with E-state index in [1.807, 2.05) is 0 Å². The van der Waals surface area contributed by atoms with Crippen LogP contribution in [0.25, 0.3) is 0 Å². The fraction of sp³-hybridized carbons (Fsp3) is 1.00. The second-order valence-corrected chi connectivity index (χ2v) is 20.4.